The Kier molecular flexibility index (Phi) is 4.24. The first-order chi connectivity index (χ1) is 8.31. The molecule has 0 bridgehead atoms. The zero-order chi connectivity index (χ0) is 12.1. The molecule has 17 heavy (non-hydrogen) atoms. The van der Waals surface area contributed by atoms with Crippen molar-refractivity contribution < 1.29 is 0 Å². The van der Waals surface area contributed by atoms with Gasteiger partial charge in [0.05, 0.1) is 0 Å². The maximum Gasteiger partial charge on any atom is 0.0317 e. The Morgan fingerprint density at radius 2 is 2.06 bits per heavy atom. The number of fused-ring (bicyclic) bond motifs is 1. The zero-order valence-corrected chi connectivity index (χ0v) is 10.8. The lowest BCUT2D eigenvalue weighted by Gasteiger charge is -2.02. The van der Waals surface area contributed by atoms with Crippen molar-refractivity contribution in [1.82, 2.24) is 0 Å². The van der Waals surface area contributed by atoms with E-state index in [1.165, 1.54) is 61.6 Å². The van der Waals surface area contributed by atoms with E-state index in [1.54, 1.807) is 0 Å². The van der Waals surface area contributed by atoms with Gasteiger partial charge >= 0.3 is 0 Å². The number of allylic oxidation sites excluding steroid dienone is 2. The topological polar surface area (TPSA) is 26.0 Å². The Balaban J connectivity index is 1.94. The minimum Gasteiger partial charge on any atom is -0.399 e. The zero-order valence-electron chi connectivity index (χ0n) is 10.8. The van der Waals surface area contributed by atoms with Crippen LogP contribution in [0.2, 0.25) is 0 Å². The number of nitrogen functional groups attached to an aromatic ring is 1. The van der Waals surface area contributed by atoms with Gasteiger partial charge in [0.15, 0.2) is 0 Å². The lowest BCUT2D eigenvalue weighted by atomic mass is 10.0. The maximum absolute atomic E-state index is 5.81. The molecule has 92 valence electrons. The van der Waals surface area contributed by atoms with Crippen molar-refractivity contribution >= 4 is 11.3 Å². The van der Waals surface area contributed by atoms with Gasteiger partial charge in [-0.2, -0.15) is 0 Å². The van der Waals surface area contributed by atoms with Crippen LogP contribution in [-0.2, 0) is 6.42 Å². The molecule has 0 unspecified atom stereocenters. The van der Waals surface area contributed by atoms with E-state index >= 15 is 0 Å². The van der Waals surface area contributed by atoms with Crippen LogP contribution in [0.4, 0.5) is 5.69 Å². The van der Waals surface area contributed by atoms with Gasteiger partial charge in [-0.1, -0.05) is 38.3 Å². The van der Waals surface area contributed by atoms with Crippen LogP contribution in [0.5, 0.6) is 0 Å². The van der Waals surface area contributed by atoms with Crippen LogP contribution in [0.3, 0.4) is 0 Å². The van der Waals surface area contributed by atoms with Gasteiger partial charge < -0.3 is 5.73 Å². The second-order valence-corrected chi connectivity index (χ2v) is 5.00. The molecule has 0 amide bonds. The molecule has 0 heterocycles. The van der Waals surface area contributed by atoms with Crippen molar-refractivity contribution in [1.29, 1.82) is 0 Å². The third kappa shape index (κ3) is 3.12. The molecule has 0 aromatic heterocycles. The molecule has 1 aliphatic carbocycles. The summed E-state index contributed by atoms with van der Waals surface area (Å²) in [5.74, 6) is 0. The van der Waals surface area contributed by atoms with E-state index in [4.69, 9.17) is 5.73 Å². The molecule has 0 saturated heterocycles. The molecule has 0 atom stereocenters. The van der Waals surface area contributed by atoms with Gasteiger partial charge in [-0.25, -0.2) is 0 Å². The Labute approximate surface area is 105 Å². The van der Waals surface area contributed by atoms with Gasteiger partial charge in [0.2, 0.25) is 0 Å². The summed E-state index contributed by atoms with van der Waals surface area (Å²) in [6.45, 7) is 2.26. The van der Waals surface area contributed by atoms with E-state index in [9.17, 15) is 0 Å². The summed E-state index contributed by atoms with van der Waals surface area (Å²) < 4.78 is 0. The summed E-state index contributed by atoms with van der Waals surface area (Å²) >= 11 is 0. The first-order valence-electron chi connectivity index (χ1n) is 6.89. The Morgan fingerprint density at radius 3 is 2.88 bits per heavy atom. The predicted octanol–water partition coefficient (Wildman–Crippen LogP) is 4.57. The van der Waals surface area contributed by atoms with E-state index < -0.39 is 0 Å². The van der Waals surface area contributed by atoms with E-state index in [0.717, 1.165) is 5.69 Å². The molecule has 0 fully saturated rings. The molecule has 1 aliphatic rings. The summed E-state index contributed by atoms with van der Waals surface area (Å²) in [4.78, 5) is 0. The molecule has 2 rings (SSSR count). The number of unbranched alkanes of at least 4 members (excludes halogenated alkanes) is 4. The number of rotatable bonds is 5. The molecule has 1 aromatic carbocycles. The molecule has 1 heteroatoms. The van der Waals surface area contributed by atoms with Crippen LogP contribution in [0.15, 0.2) is 24.3 Å². The molecule has 0 saturated carbocycles. The Hall–Kier alpha value is -1.24. The Morgan fingerprint density at radius 1 is 1.18 bits per heavy atom. The smallest absolute Gasteiger partial charge is 0.0317 e. The van der Waals surface area contributed by atoms with Crippen molar-refractivity contribution in [2.75, 3.05) is 5.73 Å². The van der Waals surface area contributed by atoms with Crippen LogP contribution in [0.1, 0.15) is 56.6 Å². The van der Waals surface area contributed by atoms with Gasteiger partial charge in [0, 0.05) is 5.69 Å². The number of anilines is 1. The summed E-state index contributed by atoms with van der Waals surface area (Å²) in [5, 5.41) is 0. The lowest BCUT2D eigenvalue weighted by Crippen LogP contribution is -1.87. The highest BCUT2D eigenvalue weighted by molar-refractivity contribution is 5.74. The van der Waals surface area contributed by atoms with Crippen molar-refractivity contribution in [3.8, 4) is 0 Å². The SMILES string of the molecule is CCCCCCC=C1CCc2cc(N)ccc21. The number of hydrogen-bond acceptors (Lipinski definition) is 1. The molecule has 0 spiro atoms. The fraction of sp³-hybridized carbons (Fsp3) is 0.500. The molecular formula is C16H23N. The van der Waals surface area contributed by atoms with E-state index in [0.29, 0.717) is 0 Å². The van der Waals surface area contributed by atoms with Gasteiger partial charge in [0.25, 0.3) is 0 Å². The van der Waals surface area contributed by atoms with Crippen LogP contribution in [-0.4, -0.2) is 0 Å². The molecular weight excluding hydrogens is 206 g/mol. The summed E-state index contributed by atoms with van der Waals surface area (Å²) in [6.07, 6.45) is 11.4. The number of hydrogen-bond donors (Lipinski definition) is 1. The fourth-order valence-corrected chi connectivity index (χ4v) is 2.60. The van der Waals surface area contributed by atoms with E-state index in [1.807, 2.05) is 6.07 Å². The van der Waals surface area contributed by atoms with E-state index in [2.05, 4.69) is 25.1 Å². The van der Waals surface area contributed by atoms with Gasteiger partial charge in [-0.15, -0.1) is 0 Å². The summed E-state index contributed by atoms with van der Waals surface area (Å²) in [7, 11) is 0. The lowest BCUT2D eigenvalue weighted by molar-refractivity contribution is 0.674. The van der Waals surface area contributed by atoms with Crippen molar-refractivity contribution in [2.45, 2.75) is 51.9 Å². The van der Waals surface area contributed by atoms with Crippen LogP contribution >= 0.6 is 0 Å². The molecule has 0 radical (unpaired) electrons. The third-order valence-corrected chi connectivity index (χ3v) is 3.59. The highest BCUT2D eigenvalue weighted by Gasteiger charge is 2.15. The molecule has 2 N–H and O–H groups in total. The second-order valence-electron chi connectivity index (χ2n) is 5.00. The van der Waals surface area contributed by atoms with Gasteiger partial charge in [-0.3, -0.25) is 0 Å². The number of nitrogens with two attached hydrogens (primary N) is 1. The van der Waals surface area contributed by atoms with Gasteiger partial charge in [0.1, 0.15) is 0 Å². The molecule has 0 aliphatic heterocycles. The average molecular weight is 229 g/mol. The van der Waals surface area contributed by atoms with Crippen LogP contribution in [0, 0.1) is 0 Å². The second kappa shape index (κ2) is 5.90. The van der Waals surface area contributed by atoms with Gasteiger partial charge in [-0.05, 0) is 54.5 Å². The minimum atomic E-state index is 0.896. The first kappa shape index (κ1) is 12.2. The number of aryl methyl sites for hydroxylation is 1. The molecule has 1 aromatic rings. The first-order valence-corrected chi connectivity index (χ1v) is 6.89. The highest BCUT2D eigenvalue weighted by atomic mass is 14.5. The molecule has 1 nitrogen and oxygen atoms in total. The fourth-order valence-electron chi connectivity index (χ4n) is 2.60. The summed E-state index contributed by atoms with van der Waals surface area (Å²) in [6, 6.07) is 6.35. The van der Waals surface area contributed by atoms with Crippen LogP contribution < -0.4 is 5.73 Å². The minimum absolute atomic E-state index is 0.896. The standard InChI is InChI=1S/C16H23N/c1-2-3-4-5-6-7-13-8-9-14-12-15(17)10-11-16(13)14/h7,10-12H,2-6,8-9,17H2,1H3. The van der Waals surface area contributed by atoms with E-state index in [-0.39, 0.29) is 0 Å². The quantitative estimate of drug-likeness (QED) is 0.581. The Bertz CT molecular complexity index is 404. The summed E-state index contributed by atoms with van der Waals surface area (Å²) in [5.41, 5.74) is 11.1. The third-order valence-electron chi connectivity index (χ3n) is 3.59. The normalized spacial score (nSPS) is 16.4. The highest BCUT2D eigenvalue weighted by Crippen LogP contribution is 2.33. The predicted molar refractivity (Wildman–Crippen MR) is 75.9 cm³/mol. The van der Waals surface area contributed by atoms with Crippen molar-refractivity contribution in [3.63, 3.8) is 0 Å². The monoisotopic (exact) mass is 229 g/mol. The van der Waals surface area contributed by atoms with Crippen molar-refractivity contribution in [2.24, 2.45) is 0 Å². The largest absolute Gasteiger partial charge is 0.399 e. The maximum atomic E-state index is 5.81. The van der Waals surface area contributed by atoms with Crippen LogP contribution in [0.25, 0.3) is 5.57 Å². The average Bonchev–Trinajstić information content (AvgIpc) is 2.71. The number of benzene rings is 1. The van der Waals surface area contributed by atoms with Crippen molar-refractivity contribution in [3.05, 3.63) is 35.4 Å².